The molecule has 3 atom stereocenters. The summed E-state index contributed by atoms with van der Waals surface area (Å²) in [5.41, 5.74) is 4.42. The van der Waals surface area contributed by atoms with Crippen LogP contribution in [0.15, 0.2) is 60.7 Å². The van der Waals surface area contributed by atoms with Crippen LogP contribution in [-0.2, 0) is 9.53 Å². The number of para-hydroxylation sites is 1. The monoisotopic (exact) mass is 336 g/mol. The summed E-state index contributed by atoms with van der Waals surface area (Å²) in [5, 5.41) is 1.47. The summed E-state index contributed by atoms with van der Waals surface area (Å²) >= 11 is 0. The molecule has 2 aliphatic rings. The van der Waals surface area contributed by atoms with Crippen molar-refractivity contribution in [1.82, 2.24) is 5.43 Å². The number of carbonyl (C=O) groups excluding carboxylic acids is 2. The Morgan fingerprint density at radius 3 is 2.40 bits per heavy atom. The van der Waals surface area contributed by atoms with Gasteiger partial charge in [0, 0.05) is 11.5 Å². The van der Waals surface area contributed by atoms with E-state index in [4.69, 9.17) is 4.74 Å². The highest BCUT2D eigenvalue weighted by atomic mass is 16.6. The van der Waals surface area contributed by atoms with E-state index in [-0.39, 0.29) is 23.9 Å². The fraction of sp³-hybridized carbons (Fsp3) is 0.300. The molecule has 0 spiro atoms. The molecule has 0 bridgehead atoms. The molecule has 1 amide bonds. The second-order valence-corrected chi connectivity index (χ2v) is 6.52. The fourth-order valence-electron chi connectivity index (χ4n) is 3.70. The highest BCUT2D eigenvalue weighted by Crippen LogP contribution is 2.37. The molecule has 0 radical (unpaired) electrons. The highest BCUT2D eigenvalue weighted by molar-refractivity contribution is 6.05. The maximum atomic E-state index is 13.0. The van der Waals surface area contributed by atoms with E-state index < -0.39 is 6.04 Å². The van der Waals surface area contributed by atoms with Crippen molar-refractivity contribution in [2.24, 2.45) is 5.92 Å². The molecule has 0 unspecified atom stereocenters. The van der Waals surface area contributed by atoms with Crippen molar-refractivity contribution in [2.75, 3.05) is 5.01 Å². The van der Waals surface area contributed by atoms with Crippen molar-refractivity contribution < 1.29 is 14.3 Å². The van der Waals surface area contributed by atoms with E-state index in [0.29, 0.717) is 11.3 Å². The Morgan fingerprint density at radius 1 is 1.00 bits per heavy atom. The molecular weight excluding hydrogens is 316 g/mol. The van der Waals surface area contributed by atoms with Gasteiger partial charge in [-0.3, -0.25) is 9.59 Å². The van der Waals surface area contributed by atoms with Crippen LogP contribution in [0.3, 0.4) is 0 Å². The highest BCUT2D eigenvalue weighted by Gasteiger charge is 2.48. The van der Waals surface area contributed by atoms with E-state index in [2.05, 4.69) is 5.43 Å². The molecule has 1 heterocycles. The minimum atomic E-state index is -0.486. The van der Waals surface area contributed by atoms with Gasteiger partial charge in [0.1, 0.15) is 12.1 Å². The lowest BCUT2D eigenvalue weighted by Gasteiger charge is -2.27. The lowest BCUT2D eigenvalue weighted by Crippen LogP contribution is -2.52. The molecule has 1 aliphatic carbocycles. The molecule has 1 saturated heterocycles. The Hall–Kier alpha value is -2.66. The molecule has 2 aromatic rings. The third kappa shape index (κ3) is 3.03. The summed E-state index contributed by atoms with van der Waals surface area (Å²) in [6.45, 7) is 0. The number of esters is 1. The Morgan fingerprint density at radius 2 is 1.68 bits per heavy atom. The number of hydrogen-bond acceptors (Lipinski definition) is 4. The number of fused-ring (bicyclic) bond motifs is 1. The molecule has 128 valence electrons. The van der Waals surface area contributed by atoms with Gasteiger partial charge in [0.05, 0.1) is 5.69 Å². The second kappa shape index (κ2) is 6.69. The van der Waals surface area contributed by atoms with Crippen LogP contribution in [-0.4, -0.2) is 24.0 Å². The number of hydrazine groups is 1. The number of ether oxygens (including phenoxy) is 1. The zero-order valence-electron chi connectivity index (χ0n) is 13.8. The molecular formula is C20H20N2O3. The maximum absolute atomic E-state index is 13.0. The molecule has 5 nitrogen and oxygen atoms in total. The van der Waals surface area contributed by atoms with Gasteiger partial charge in [-0.2, -0.15) is 0 Å². The van der Waals surface area contributed by atoms with Crippen molar-refractivity contribution in [2.45, 2.75) is 31.4 Å². The van der Waals surface area contributed by atoms with Gasteiger partial charge in [-0.1, -0.05) is 36.4 Å². The first-order chi connectivity index (χ1) is 12.2. The molecule has 1 saturated carbocycles. The van der Waals surface area contributed by atoms with Crippen LogP contribution in [0.2, 0.25) is 0 Å². The van der Waals surface area contributed by atoms with Crippen molar-refractivity contribution in [3.05, 3.63) is 66.2 Å². The van der Waals surface area contributed by atoms with Gasteiger partial charge in [0.2, 0.25) is 0 Å². The third-order valence-corrected chi connectivity index (χ3v) is 4.96. The van der Waals surface area contributed by atoms with Gasteiger partial charge in [-0.15, -0.1) is 0 Å². The van der Waals surface area contributed by atoms with Crippen LogP contribution in [0, 0.1) is 5.92 Å². The Bertz CT molecular complexity index is 763. The average Bonchev–Trinajstić information content (AvgIpc) is 3.22. The SMILES string of the molecule is O=C1O[C@@H]2CCC[C@@H]2[C@@H]1NN(C(=O)c1ccccc1)c1ccccc1. The Balaban J connectivity index is 1.64. The summed E-state index contributed by atoms with van der Waals surface area (Å²) in [7, 11) is 0. The summed E-state index contributed by atoms with van der Waals surface area (Å²) in [6, 6.07) is 17.9. The van der Waals surface area contributed by atoms with E-state index in [1.807, 2.05) is 48.5 Å². The van der Waals surface area contributed by atoms with E-state index in [0.717, 1.165) is 19.3 Å². The van der Waals surface area contributed by atoms with E-state index in [9.17, 15) is 9.59 Å². The van der Waals surface area contributed by atoms with Crippen molar-refractivity contribution in [1.29, 1.82) is 0 Å². The maximum Gasteiger partial charge on any atom is 0.325 e. The molecule has 4 rings (SSSR count). The van der Waals surface area contributed by atoms with E-state index >= 15 is 0 Å². The van der Waals surface area contributed by atoms with Gasteiger partial charge < -0.3 is 4.74 Å². The number of anilines is 1. The first kappa shape index (κ1) is 15.8. The summed E-state index contributed by atoms with van der Waals surface area (Å²) < 4.78 is 5.48. The summed E-state index contributed by atoms with van der Waals surface area (Å²) in [6.07, 6.45) is 2.89. The Labute approximate surface area is 146 Å². The van der Waals surface area contributed by atoms with Gasteiger partial charge >= 0.3 is 5.97 Å². The zero-order valence-corrected chi connectivity index (χ0v) is 13.8. The van der Waals surface area contributed by atoms with Gasteiger partial charge in [0.25, 0.3) is 5.91 Å². The van der Waals surface area contributed by atoms with Crippen LogP contribution in [0.4, 0.5) is 5.69 Å². The van der Waals surface area contributed by atoms with Crippen molar-refractivity contribution in [3.63, 3.8) is 0 Å². The van der Waals surface area contributed by atoms with Gasteiger partial charge in [-0.05, 0) is 43.5 Å². The van der Waals surface area contributed by atoms with Crippen LogP contribution in [0.1, 0.15) is 29.6 Å². The molecule has 25 heavy (non-hydrogen) atoms. The lowest BCUT2D eigenvalue weighted by molar-refractivity contribution is -0.143. The molecule has 5 heteroatoms. The number of carbonyl (C=O) groups is 2. The van der Waals surface area contributed by atoms with Gasteiger partial charge in [-0.25, -0.2) is 10.4 Å². The minimum absolute atomic E-state index is 0.0190. The Kier molecular flexibility index (Phi) is 4.24. The lowest BCUT2D eigenvalue weighted by atomic mass is 10.00. The fourth-order valence-corrected chi connectivity index (χ4v) is 3.70. The van der Waals surface area contributed by atoms with Gasteiger partial charge in [0.15, 0.2) is 0 Å². The molecule has 1 N–H and O–H groups in total. The smallest absolute Gasteiger partial charge is 0.325 e. The first-order valence-corrected chi connectivity index (χ1v) is 8.65. The van der Waals surface area contributed by atoms with Crippen LogP contribution < -0.4 is 10.4 Å². The molecule has 1 aliphatic heterocycles. The second-order valence-electron chi connectivity index (χ2n) is 6.52. The average molecular weight is 336 g/mol. The topological polar surface area (TPSA) is 58.6 Å². The number of hydrogen-bond donors (Lipinski definition) is 1. The predicted molar refractivity (Wildman–Crippen MR) is 93.8 cm³/mol. The van der Waals surface area contributed by atoms with Crippen LogP contribution >= 0.6 is 0 Å². The van der Waals surface area contributed by atoms with Crippen LogP contribution in [0.25, 0.3) is 0 Å². The zero-order chi connectivity index (χ0) is 17.2. The molecule has 0 aromatic heterocycles. The molecule has 2 aromatic carbocycles. The summed E-state index contributed by atoms with van der Waals surface area (Å²) in [4.78, 5) is 25.3. The summed E-state index contributed by atoms with van der Waals surface area (Å²) in [5.74, 6) is -0.333. The number of rotatable bonds is 4. The van der Waals surface area contributed by atoms with Crippen molar-refractivity contribution >= 4 is 17.6 Å². The number of nitrogens with zero attached hydrogens (tertiary/aromatic N) is 1. The standard InChI is InChI=1S/C20H20N2O3/c23-19(14-8-3-1-4-9-14)22(15-10-5-2-6-11-15)21-18-16-12-7-13-17(16)25-20(18)24/h1-6,8-11,16-18,21H,7,12-13H2/t16-,17+,18-/m0/s1. The number of amides is 1. The number of benzene rings is 2. The van der Waals surface area contributed by atoms with Crippen LogP contribution in [0.5, 0.6) is 0 Å². The van der Waals surface area contributed by atoms with E-state index in [1.165, 1.54) is 5.01 Å². The van der Waals surface area contributed by atoms with Crippen molar-refractivity contribution in [3.8, 4) is 0 Å². The third-order valence-electron chi connectivity index (χ3n) is 4.96. The minimum Gasteiger partial charge on any atom is -0.461 e. The molecule has 2 fully saturated rings. The quantitative estimate of drug-likeness (QED) is 0.689. The number of nitrogens with one attached hydrogen (secondary N) is 1. The first-order valence-electron chi connectivity index (χ1n) is 8.65. The van der Waals surface area contributed by atoms with E-state index in [1.54, 1.807) is 12.1 Å². The normalized spacial score (nSPS) is 24.6. The predicted octanol–water partition coefficient (Wildman–Crippen LogP) is 2.93. The largest absolute Gasteiger partial charge is 0.461 e.